The maximum atomic E-state index is 3.57. The predicted molar refractivity (Wildman–Crippen MR) is 73.1 cm³/mol. The van der Waals surface area contributed by atoms with Crippen LogP contribution in [0.25, 0.3) is 0 Å². The van der Waals surface area contributed by atoms with Crippen molar-refractivity contribution in [2.75, 3.05) is 13.1 Å². The largest absolute Gasteiger partial charge is 0.311 e. The van der Waals surface area contributed by atoms with Crippen molar-refractivity contribution in [2.45, 2.75) is 45.8 Å². The summed E-state index contributed by atoms with van der Waals surface area (Å²) < 4.78 is 0. The SMILES string of the molecule is CCC1CNC(C)CN1Cc1ccccc1C. The number of rotatable bonds is 3. The fourth-order valence-corrected chi connectivity index (χ4v) is 2.63. The van der Waals surface area contributed by atoms with Crippen LogP contribution in [0, 0.1) is 6.92 Å². The van der Waals surface area contributed by atoms with E-state index in [0.717, 1.165) is 19.6 Å². The molecule has 94 valence electrons. The van der Waals surface area contributed by atoms with E-state index < -0.39 is 0 Å². The van der Waals surface area contributed by atoms with Crippen LogP contribution in [0.1, 0.15) is 31.4 Å². The van der Waals surface area contributed by atoms with Gasteiger partial charge in [0.2, 0.25) is 0 Å². The summed E-state index contributed by atoms with van der Waals surface area (Å²) in [5.41, 5.74) is 2.88. The molecule has 0 amide bonds. The highest BCUT2D eigenvalue weighted by Gasteiger charge is 2.24. The monoisotopic (exact) mass is 232 g/mol. The summed E-state index contributed by atoms with van der Waals surface area (Å²) in [6, 6.07) is 10.0. The van der Waals surface area contributed by atoms with Gasteiger partial charge < -0.3 is 5.32 Å². The van der Waals surface area contributed by atoms with E-state index in [0.29, 0.717) is 12.1 Å². The maximum absolute atomic E-state index is 3.57. The first-order valence-corrected chi connectivity index (χ1v) is 6.72. The van der Waals surface area contributed by atoms with Crippen LogP contribution >= 0.6 is 0 Å². The minimum absolute atomic E-state index is 0.613. The molecule has 2 atom stereocenters. The molecule has 1 fully saturated rings. The van der Waals surface area contributed by atoms with Gasteiger partial charge in [-0.2, -0.15) is 0 Å². The van der Waals surface area contributed by atoms with Gasteiger partial charge in [0.05, 0.1) is 0 Å². The molecule has 1 aliphatic rings. The van der Waals surface area contributed by atoms with Gasteiger partial charge in [-0.3, -0.25) is 4.90 Å². The first-order valence-electron chi connectivity index (χ1n) is 6.72. The third-order valence-electron chi connectivity index (χ3n) is 3.83. The molecule has 1 N–H and O–H groups in total. The number of hydrogen-bond donors (Lipinski definition) is 1. The van der Waals surface area contributed by atoms with Crippen LogP contribution in [-0.2, 0) is 6.54 Å². The zero-order chi connectivity index (χ0) is 12.3. The van der Waals surface area contributed by atoms with Crippen molar-refractivity contribution in [1.29, 1.82) is 0 Å². The van der Waals surface area contributed by atoms with Gasteiger partial charge in [-0.05, 0) is 31.4 Å². The third-order valence-corrected chi connectivity index (χ3v) is 3.83. The molecule has 0 spiro atoms. The lowest BCUT2D eigenvalue weighted by atomic mass is 10.0. The first-order chi connectivity index (χ1) is 8.20. The van der Waals surface area contributed by atoms with Crippen molar-refractivity contribution in [3.8, 4) is 0 Å². The number of hydrogen-bond acceptors (Lipinski definition) is 2. The number of aryl methyl sites for hydroxylation is 1. The molecule has 0 radical (unpaired) electrons. The second-order valence-electron chi connectivity index (χ2n) is 5.23. The molecular weight excluding hydrogens is 208 g/mol. The lowest BCUT2D eigenvalue weighted by Crippen LogP contribution is -2.54. The summed E-state index contributed by atoms with van der Waals surface area (Å²) in [5.74, 6) is 0. The van der Waals surface area contributed by atoms with Crippen LogP contribution in [0.2, 0.25) is 0 Å². The van der Waals surface area contributed by atoms with Crippen LogP contribution in [0.15, 0.2) is 24.3 Å². The summed E-state index contributed by atoms with van der Waals surface area (Å²) in [7, 11) is 0. The molecule has 1 aromatic carbocycles. The minimum atomic E-state index is 0.613. The Kier molecular flexibility index (Phi) is 4.19. The van der Waals surface area contributed by atoms with E-state index in [9.17, 15) is 0 Å². The predicted octanol–water partition coefficient (Wildman–Crippen LogP) is 2.57. The second kappa shape index (κ2) is 5.65. The van der Waals surface area contributed by atoms with Gasteiger partial charge in [0.15, 0.2) is 0 Å². The minimum Gasteiger partial charge on any atom is -0.311 e. The van der Waals surface area contributed by atoms with Gasteiger partial charge in [0.25, 0.3) is 0 Å². The molecule has 1 heterocycles. The Morgan fingerprint density at radius 2 is 2.12 bits per heavy atom. The molecule has 0 aliphatic carbocycles. The van der Waals surface area contributed by atoms with E-state index in [4.69, 9.17) is 0 Å². The van der Waals surface area contributed by atoms with E-state index in [1.807, 2.05) is 0 Å². The van der Waals surface area contributed by atoms with Gasteiger partial charge in [-0.15, -0.1) is 0 Å². The topological polar surface area (TPSA) is 15.3 Å². The van der Waals surface area contributed by atoms with Crippen molar-refractivity contribution in [1.82, 2.24) is 10.2 Å². The normalized spacial score (nSPS) is 26.1. The van der Waals surface area contributed by atoms with E-state index in [-0.39, 0.29) is 0 Å². The van der Waals surface area contributed by atoms with E-state index in [1.165, 1.54) is 17.5 Å². The maximum Gasteiger partial charge on any atom is 0.0240 e. The summed E-state index contributed by atoms with van der Waals surface area (Å²) in [6.45, 7) is 10.2. The van der Waals surface area contributed by atoms with Crippen LogP contribution in [-0.4, -0.2) is 30.1 Å². The Bertz CT molecular complexity index is 362. The van der Waals surface area contributed by atoms with Crippen molar-refractivity contribution >= 4 is 0 Å². The highest BCUT2D eigenvalue weighted by molar-refractivity contribution is 5.25. The Morgan fingerprint density at radius 3 is 2.82 bits per heavy atom. The lowest BCUT2D eigenvalue weighted by Gasteiger charge is -2.39. The summed E-state index contributed by atoms with van der Waals surface area (Å²) in [5, 5.41) is 3.57. The summed E-state index contributed by atoms with van der Waals surface area (Å²) in [4.78, 5) is 2.63. The smallest absolute Gasteiger partial charge is 0.0240 e. The first kappa shape index (κ1) is 12.6. The Hall–Kier alpha value is -0.860. The molecule has 0 saturated carbocycles. The van der Waals surface area contributed by atoms with E-state index in [2.05, 4.69) is 55.3 Å². The van der Waals surface area contributed by atoms with Gasteiger partial charge in [0.1, 0.15) is 0 Å². The standard InChI is InChI=1S/C15H24N2/c1-4-15-9-16-13(3)10-17(15)11-14-8-6-5-7-12(14)2/h5-8,13,15-16H,4,9-11H2,1-3H3. The summed E-state index contributed by atoms with van der Waals surface area (Å²) >= 11 is 0. The summed E-state index contributed by atoms with van der Waals surface area (Å²) in [6.07, 6.45) is 1.23. The van der Waals surface area contributed by atoms with Crippen molar-refractivity contribution in [2.24, 2.45) is 0 Å². The third kappa shape index (κ3) is 3.08. The average molecular weight is 232 g/mol. The average Bonchev–Trinajstić information content (AvgIpc) is 2.32. The van der Waals surface area contributed by atoms with Crippen LogP contribution in [0.3, 0.4) is 0 Å². The molecule has 0 bridgehead atoms. The van der Waals surface area contributed by atoms with Gasteiger partial charge >= 0.3 is 0 Å². The highest BCUT2D eigenvalue weighted by Crippen LogP contribution is 2.16. The van der Waals surface area contributed by atoms with Crippen molar-refractivity contribution < 1.29 is 0 Å². The van der Waals surface area contributed by atoms with Crippen LogP contribution in [0.5, 0.6) is 0 Å². The molecule has 2 rings (SSSR count). The quantitative estimate of drug-likeness (QED) is 0.861. The van der Waals surface area contributed by atoms with Crippen LogP contribution < -0.4 is 5.32 Å². The van der Waals surface area contributed by atoms with Crippen molar-refractivity contribution in [3.63, 3.8) is 0 Å². The molecule has 2 nitrogen and oxygen atoms in total. The molecule has 0 aromatic heterocycles. The van der Waals surface area contributed by atoms with Gasteiger partial charge in [-0.1, -0.05) is 31.2 Å². The Morgan fingerprint density at radius 1 is 1.35 bits per heavy atom. The van der Waals surface area contributed by atoms with E-state index in [1.54, 1.807) is 0 Å². The molecule has 17 heavy (non-hydrogen) atoms. The number of nitrogens with zero attached hydrogens (tertiary/aromatic N) is 1. The molecule has 2 heteroatoms. The fourth-order valence-electron chi connectivity index (χ4n) is 2.63. The molecule has 1 aromatic rings. The zero-order valence-electron chi connectivity index (χ0n) is 11.2. The van der Waals surface area contributed by atoms with Crippen LogP contribution in [0.4, 0.5) is 0 Å². The molecule has 1 aliphatic heterocycles. The highest BCUT2D eigenvalue weighted by atomic mass is 15.2. The molecular formula is C15H24N2. The number of nitrogens with one attached hydrogen (secondary N) is 1. The molecule has 1 saturated heterocycles. The van der Waals surface area contributed by atoms with Gasteiger partial charge in [0, 0.05) is 31.7 Å². The number of piperazine rings is 1. The second-order valence-corrected chi connectivity index (χ2v) is 5.23. The zero-order valence-corrected chi connectivity index (χ0v) is 11.2. The Balaban J connectivity index is 2.07. The van der Waals surface area contributed by atoms with Crippen molar-refractivity contribution in [3.05, 3.63) is 35.4 Å². The molecule has 2 unspecified atom stereocenters. The fraction of sp³-hybridized carbons (Fsp3) is 0.600. The van der Waals surface area contributed by atoms with E-state index >= 15 is 0 Å². The van der Waals surface area contributed by atoms with Gasteiger partial charge in [-0.25, -0.2) is 0 Å². The Labute approximate surface area is 105 Å². The number of benzene rings is 1. The lowest BCUT2D eigenvalue weighted by molar-refractivity contribution is 0.124.